The molecular formula is C24H31N3O4. The third kappa shape index (κ3) is 5.96. The minimum Gasteiger partial charge on any atom is -0.457 e. The predicted molar refractivity (Wildman–Crippen MR) is 119 cm³/mol. The highest BCUT2D eigenvalue weighted by molar-refractivity contribution is 5.89. The van der Waals surface area contributed by atoms with Gasteiger partial charge in [-0.25, -0.2) is 14.6 Å². The Morgan fingerprint density at radius 2 is 1.90 bits per heavy atom. The molecule has 1 atom stereocenters. The van der Waals surface area contributed by atoms with E-state index in [2.05, 4.69) is 9.88 Å². The van der Waals surface area contributed by atoms with E-state index in [9.17, 15) is 9.59 Å². The quantitative estimate of drug-likeness (QED) is 0.644. The first-order valence-electron chi connectivity index (χ1n) is 10.7. The van der Waals surface area contributed by atoms with E-state index >= 15 is 0 Å². The van der Waals surface area contributed by atoms with Crippen molar-refractivity contribution >= 4 is 17.9 Å². The van der Waals surface area contributed by atoms with Crippen LogP contribution in [-0.2, 0) is 16.1 Å². The van der Waals surface area contributed by atoms with Crippen LogP contribution in [0.15, 0.2) is 48.7 Å². The molecule has 7 nitrogen and oxygen atoms in total. The highest BCUT2D eigenvalue weighted by atomic mass is 16.6. The van der Waals surface area contributed by atoms with Gasteiger partial charge in [0.15, 0.2) is 0 Å². The first-order chi connectivity index (χ1) is 14.8. The molecule has 0 saturated carbocycles. The molecule has 31 heavy (non-hydrogen) atoms. The molecule has 166 valence electrons. The lowest BCUT2D eigenvalue weighted by molar-refractivity contribution is 0.0190. The summed E-state index contributed by atoms with van der Waals surface area (Å²) < 4.78 is 11.1. The van der Waals surface area contributed by atoms with Gasteiger partial charge in [0.2, 0.25) is 0 Å². The minimum atomic E-state index is -0.528. The van der Waals surface area contributed by atoms with Gasteiger partial charge < -0.3 is 19.3 Å². The fourth-order valence-corrected chi connectivity index (χ4v) is 3.67. The monoisotopic (exact) mass is 425 g/mol. The van der Waals surface area contributed by atoms with Gasteiger partial charge in [-0.05, 0) is 52.3 Å². The first-order valence-corrected chi connectivity index (χ1v) is 10.7. The van der Waals surface area contributed by atoms with Gasteiger partial charge in [0.05, 0.1) is 11.6 Å². The number of nitrogens with zero attached hydrogens (tertiary/aromatic N) is 3. The fraction of sp³-hybridized carbons (Fsp3) is 0.458. The standard InChI is InChI=1S/C24H31N3O4/c1-5-27(23(29)31-24(2,3)4)20-13-15-26(16-20)21-19(12-9-14-25-21)17-30-22(28)18-10-7-6-8-11-18/h6-12,14,20H,5,13,15-17H2,1-4H3. The number of likely N-dealkylation sites (N-methyl/N-ethyl adjacent to an activating group) is 1. The average Bonchev–Trinajstić information content (AvgIpc) is 3.21. The molecule has 1 aromatic heterocycles. The second-order valence-corrected chi connectivity index (χ2v) is 8.58. The molecule has 0 bridgehead atoms. The van der Waals surface area contributed by atoms with Gasteiger partial charge in [-0.15, -0.1) is 0 Å². The molecule has 7 heteroatoms. The molecule has 2 heterocycles. The van der Waals surface area contributed by atoms with Crippen LogP contribution in [0, 0.1) is 0 Å². The van der Waals surface area contributed by atoms with Crippen molar-refractivity contribution < 1.29 is 19.1 Å². The van der Waals surface area contributed by atoms with E-state index in [-0.39, 0.29) is 24.7 Å². The van der Waals surface area contributed by atoms with Crippen LogP contribution in [-0.4, -0.2) is 53.2 Å². The Balaban J connectivity index is 1.66. The van der Waals surface area contributed by atoms with Crippen molar-refractivity contribution in [2.24, 2.45) is 0 Å². The highest BCUT2D eigenvalue weighted by Crippen LogP contribution is 2.26. The SMILES string of the molecule is CCN(C(=O)OC(C)(C)C)C1CCN(c2ncccc2COC(=O)c2ccccc2)C1. The van der Waals surface area contributed by atoms with Crippen LogP contribution in [0.4, 0.5) is 10.6 Å². The molecule has 0 N–H and O–H groups in total. The second-order valence-electron chi connectivity index (χ2n) is 8.58. The number of benzene rings is 1. The number of hydrogen-bond donors (Lipinski definition) is 0. The number of aromatic nitrogens is 1. The third-order valence-electron chi connectivity index (χ3n) is 5.11. The molecular weight excluding hydrogens is 394 g/mol. The van der Waals surface area contributed by atoms with Crippen molar-refractivity contribution in [3.05, 3.63) is 59.8 Å². The molecule has 1 aromatic carbocycles. The van der Waals surface area contributed by atoms with Crippen LogP contribution in [0.3, 0.4) is 0 Å². The molecule has 3 rings (SSSR count). The van der Waals surface area contributed by atoms with Gasteiger partial charge in [-0.2, -0.15) is 0 Å². The smallest absolute Gasteiger partial charge is 0.410 e. The summed E-state index contributed by atoms with van der Waals surface area (Å²) in [5.74, 6) is 0.419. The summed E-state index contributed by atoms with van der Waals surface area (Å²) in [5.41, 5.74) is 0.831. The minimum absolute atomic E-state index is 0.0431. The Bertz CT molecular complexity index is 895. The van der Waals surface area contributed by atoms with Crippen molar-refractivity contribution in [1.29, 1.82) is 0 Å². The lowest BCUT2D eigenvalue weighted by Gasteiger charge is -2.31. The zero-order chi connectivity index (χ0) is 22.4. The fourth-order valence-electron chi connectivity index (χ4n) is 3.67. The van der Waals surface area contributed by atoms with Crippen molar-refractivity contribution in [1.82, 2.24) is 9.88 Å². The number of carbonyl (C=O) groups excluding carboxylic acids is 2. The van der Waals surface area contributed by atoms with Crippen LogP contribution in [0.5, 0.6) is 0 Å². The summed E-state index contributed by atoms with van der Waals surface area (Å²) in [5, 5.41) is 0. The summed E-state index contributed by atoms with van der Waals surface area (Å²) in [6, 6.07) is 12.7. The van der Waals surface area contributed by atoms with Gasteiger partial charge in [0.1, 0.15) is 18.0 Å². The van der Waals surface area contributed by atoms with Crippen LogP contribution in [0.25, 0.3) is 0 Å². The first kappa shape index (κ1) is 22.6. The Kier molecular flexibility index (Phi) is 7.15. The zero-order valence-electron chi connectivity index (χ0n) is 18.7. The van der Waals surface area contributed by atoms with Crippen LogP contribution < -0.4 is 4.90 Å². The summed E-state index contributed by atoms with van der Waals surface area (Å²) in [4.78, 5) is 33.4. The molecule has 2 aromatic rings. The van der Waals surface area contributed by atoms with Gasteiger partial charge in [0, 0.05) is 31.4 Å². The van der Waals surface area contributed by atoms with E-state index < -0.39 is 5.60 Å². The second kappa shape index (κ2) is 9.81. The lowest BCUT2D eigenvalue weighted by atomic mass is 10.2. The number of esters is 1. The molecule has 1 aliphatic heterocycles. The highest BCUT2D eigenvalue weighted by Gasteiger charge is 2.33. The van der Waals surface area contributed by atoms with Crippen LogP contribution in [0.1, 0.15) is 50.0 Å². The van der Waals surface area contributed by atoms with Crippen molar-refractivity contribution in [2.45, 2.75) is 52.4 Å². The van der Waals surface area contributed by atoms with E-state index in [1.807, 2.05) is 45.9 Å². The van der Waals surface area contributed by atoms with E-state index in [4.69, 9.17) is 9.47 Å². The van der Waals surface area contributed by atoms with E-state index in [1.54, 1.807) is 35.4 Å². The van der Waals surface area contributed by atoms with Crippen molar-refractivity contribution in [2.75, 3.05) is 24.5 Å². The lowest BCUT2D eigenvalue weighted by Crippen LogP contribution is -2.44. The normalized spacial score (nSPS) is 16.1. The Morgan fingerprint density at radius 1 is 1.16 bits per heavy atom. The molecule has 1 saturated heterocycles. The molecule has 1 aliphatic rings. The summed E-state index contributed by atoms with van der Waals surface area (Å²) in [6.45, 7) is 9.72. The van der Waals surface area contributed by atoms with E-state index in [1.165, 1.54) is 0 Å². The van der Waals surface area contributed by atoms with Crippen molar-refractivity contribution in [3.63, 3.8) is 0 Å². The summed E-state index contributed by atoms with van der Waals surface area (Å²) in [7, 11) is 0. The number of ether oxygens (including phenoxy) is 2. The van der Waals surface area contributed by atoms with Gasteiger partial charge in [-0.1, -0.05) is 24.3 Å². The number of rotatable bonds is 6. The molecule has 0 radical (unpaired) electrons. The van der Waals surface area contributed by atoms with Crippen LogP contribution in [0.2, 0.25) is 0 Å². The molecule has 1 unspecified atom stereocenters. The topological polar surface area (TPSA) is 72.0 Å². The van der Waals surface area contributed by atoms with Crippen molar-refractivity contribution in [3.8, 4) is 0 Å². The third-order valence-corrected chi connectivity index (χ3v) is 5.11. The molecule has 0 aliphatic carbocycles. The number of hydrogen-bond acceptors (Lipinski definition) is 6. The Labute approximate surface area is 184 Å². The maximum absolute atomic E-state index is 12.6. The van der Waals surface area contributed by atoms with Gasteiger partial charge >= 0.3 is 12.1 Å². The van der Waals surface area contributed by atoms with Gasteiger partial charge in [-0.3, -0.25) is 0 Å². The van der Waals surface area contributed by atoms with Crippen LogP contribution >= 0.6 is 0 Å². The van der Waals surface area contributed by atoms with Gasteiger partial charge in [0.25, 0.3) is 0 Å². The average molecular weight is 426 g/mol. The number of pyridine rings is 1. The Hall–Kier alpha value is -3.09. The number of amides is 1. The summed E-state index contributed by atoms with van der Waals surface area (Å²) >= 11 is 0. The molecule has 1 amide bonds. The number of carbonyl (C=O) groups is 2. The summed E-state index contributed by atoms with van der Waals surface area (Å²) in [6.07, 6.45) is 2.27. The maximum atomic E-state index is 12.6. The van der Waals surface area contributed by atoms with E-state index in [0.717, 1.165) is 24.3 Å². The predicted octanol–water partition coefficient (Wildman–Crippen LogP) is 4.27. The zero-order valence-corrected chi connectivity index (χ0v) is 18.7. The molecule has 1 fully saturated rings. The van der Waals surface area contributed by atoms with E-state index in [0.29, 0.717) is 18.7 Å². The number of anilines is 1. The Morgan fingerprint density at radius 3 is 2.58 bits per heavy atom. The largest absolute Gasteiger partial charge is 0.457 e. The molecule has 0 spiro atoms. The maximum Gasteiger partial charge on any atom is 0.410 e.